The van der Waals surface area contributed by atoms with Crippen LogP contribution in [0.1, 0.15) is 42.0 Å². The highest BCUT2D eigenvalue weighted by atomic mass is 32.2. The van der Waals surface area contributed by atoms with Crippen molar-refractivity contribution in [3.05, 3.63) is 22.8 Å². The average molecular weight is 377 g/mol. The molecule has 0 aromatic carbocycles. The van der Waals surface area contributed by atoms with E-state index in [0.717, 1.165) is 54.7 Å². The molecule has 26 heavy (non-hydrogen) atoms. The number of carbonyl (C=O) groups excluding carboxylic acids is 1. The number of hydrogen-bond acceptors (Lipinski definition) is 5. The highest BCUT2D eigenvalue weighted by Gasteiger charge is 2.24. The van der Waals surface area contributed by atoms with Gasteiger partial charge in [0.25, 0.3) is 0 Å². The zero-order valence-electron chi connectivity index (χ0n) is 16.1. The van der Waals surface area contributed by atoms with Crippen LogP contribution in [0.5, 0.6) is 0 Å². The fraction of sp³-hybridized carbons (Fsp3) is 0.667. The van der Waals surface area contributed by atoms with Crippen molar-refractivity contribution in [3.63, 3.8) is 0 Å². The van der Waals surface area contributed by atoms with Crippen LogP contribution < -0.4 is 0 Å². The molecule has 3 rings (SSSR count). The van der Waals surface area contributed by atoms with Crippen molar-refractivity contribution in [2.75, 3.05) is 19.3 Å². The van der Waals surface area contributed by atoms with Crippen LogP contribution in [-0.4, -0.2) is 55.1 Å². The van der Waals surface area contributed by atoms with E-state index in [2.05, 4.69) is 31.9 Å². The van der Waals surface area contributed by atoms with Crippen LogP contribution >= 0.6 is 11.8 Å². The van der Waals surface area contributed by atoms with Gasteiger partial charge in [0.2, 0.25) is 5.91 Å². The second kappa shape index (κ2) is 8.24. The summed E-state index contributed by atoms with van der Waals surface area (Å²) in [5.74, 6) is 1.86. The van der Waals surface area contributed by atoms with Gasteiger partial charge in [-0.3, -0.25) is 9.89 Å². The van der Waals surface area contributed by atoms with Gasteiger partial charge in [0.15, 0.2) is 5.16 Å². The summed E-state index contributed by atoms with van der Waals surface area (Å²) < 4.78 is 2.08. The van der Waals surface area contributed by atoms with E-state index in [0.29, 0.717) is 18.8 Å². The number of aromatic nitrogens is 5. The van der Waals surface area contributed by atoms with Crippen LogP contribution in [0.15, 0.2) is 5.16 Å². The average Bonchev–Trinajstić information content (AvgIpc) is 3.16. The SMILES string of the molecule is CSc1nnc(CC2CCN(C(=O)CCc3n[nH]c(C)c3C)CC2)n1C. The van der Waals surface area contributed by atoms with Gasteiger partial charge in [-0.25, -0.2) is 0 Å². The van der Waals surface area contributed by atoms with E-state index in [-0.39, 0.29) is 5.91 Å². The largest absolute Gasteiger partial charge is 0.343 e. The molecule has 3 heterocycles. The highest BCUT2D eigenvalue weighted by Crippen LogP contribution is 2.23. The molecule has 0 saturated carbocycles. The number of piperidine rings is 1. The minimum atomic E-state index is 0.242. The first-order valence-corrected chi connectivity index (χ1v) is 10.4. The van der Waals surface area contributed by atoms with Gasteiger partial charge in [-0.2, -0.15) is 5.10 Å². The Labute approximate surface area is 158 Å². The highest BCUT2D eigenvalue weighted by molar-refractivity contribution is 7.98. The van der Waals surface area contributed by atoms with Crippen molar-refractivity contribution in [1.29, 1.82) is 0 Å². The number of aromatic amines is 1. The molecule has 1 saturated heterocycles. The summed E-state index contributed by atoms with van der Waals surface area (Å²) >= 11 is 1.62. The first-order chi connectivity index (χ1) is 12.5. The molecular formula is C18H28N6OS. The number of likely N-dealkylation sites (tertiary alicyclic amines) is 1. The zero-order valence-corrected chi connectivity index (χ0v) is 16.9. The Bertz CT molecular complexity index is 760. The van der Waals surface area contributed by atoms with Gasteiger partial charge in [0.05, 0.1) is 5.69 Å². The Hall–Kier alpha value is -1.83. The van der Waals surface area contributed by atoms with Gasteiger partial charge in [0.1, 0.15) is 5.82 Å². The standard InChI is InChI=1S/C18H28N6OS/c1-12-13(2)19-20-15(12)5-6-17(25)24-9-7-14(8-10-24)11-16-21-22-18(26-4)23(16)3/h14H,5-11H2,1-4H3,(H,19,20). The van der Waals surface area contributed by atoms with E-state index in [1.165, 1.54) is 5.56 Å². The Morgan fingerprint density at radius 3 is 2.58 bits per heavy atom. The topological polar surface area (TPSA) is 79.7 Å². The first-order valence-electron chi connectivity index (χ1n) is 9.20. The van der Waals surface area contributed by atoms with Gasteiger partial charge in [-0.05, 0) is 44.4 Å². The molecule has 0 spiro atoms. The van der Waals surface area contributed by atoms with E-state index in [4.69, 9.17) is 0 Å². The number of rotatable bonds is 6. The minimum Gasteiger partial charge on any atom is -0.343 e. The first kappa shape index (κ1) is 18.9. The number of amides is 1. The lowest BCUT2D eigenvalue weighted by Gasteiger charge is -2.32. The summed E-state index contributed by atoms with van der Waals surface area (Å²) in [7, 11) is 2.03. The molecule has 2 aromatic rings. The molecule has 8 heteroatoms. The van der Waals surface area contributed by atoms with Crippen LogP contribution in [0.2, 0.25) is 0 Å². The molecule has 1 aliphatic rings. The lowest BCUT2D eigenvalue weighted by molar-refractivity contribution is -0.132. The molecule has 0 radical (unpaired) electrons. The van der Waals surface area contributed by atoms with Crippen molar-refractivity contribution >= 4 is 17.7 Å². The number of hydrogen-bond donors (Lipinski definition) is 1. The van der Waals surface area contributed by atoms with E-state index < -0.39 is 0 Å². The van der Waals surface area contributed by atoms with E-state index >= 15 is 0 Å². The quantitative estimate of drug-likeness (QED) is 0.783. The third kappa shape index (κ3) is 4.11. The Morgan fingerprint density at radius 1 is 1.27 bits per heavy atom. The molecule has 1 N–H and O–H groups in total. The summed E-state index contributed by atoms with van der Waals surface area (Å²) in [6.07, 6.45) is 6.28. The van der Waals surface area contributed by atoms with Gasteiger partial charge in [-0.1, -0.05) is 11.8 Å². The number of H-pyrrole nitrogens is 1. The maximum absolute atomic E-state index is 12.5. The zero-order chi connectivity index (χ0) is 18.7. The van der Waals surface area contributed by atoms with Crippen LogP contribution in [0.25, 0.3) is 0 Å². The van der Waals surface area contributed by atoms with Crippen molar-refractivity contribution in [3.8, 4) is 0 Å². The maximum atomic E-state index is 12.5. The summed E-state index contributed by atoms with van der Waals surface area (Å²) in [6.45, 7) is 5.75. The maximum Gasteiger partial charge on any atom is 0.222 e. The second-order valence-electron chi connectivity index (χ2n) is 7.11. The molecule has 7 nitrogen and oxygen atoms in total. The molecule has 1 amide bonds. The molecule has 1 fully saturated rings. The summed E-state index contributed by atoms with van der Waals surface area (Å²) in [4.78, 5) is 14.5. The molecule has 2 aromatic heterocycles. The molecule has 0 atom stereocenters. The second-order valence-corrected chi connectivity index (χ2v) is 7.88. The Morgan fingerprint density at radius 2 is 2.00 bits per heavy atom. The van der Waals surface area contributed by atoms with E-state index in [1.807, 2.05) is 25.1 Å². The normalized spacial score (nSPS) is 15.6. The molecule has 0 bridgehead atoms. The summed E-state index contributed by atoms with van der Waals surface area (Å²) in [6, 6.07) is 0. The molecule has 1 aliphatic heterocycles. The number of nitrogens with zero attached hydrogens (tertiary/aromatic N) is 5. The molecule has 0 aliphatic carbocycles. The van der Waals surface area contributed by atoms with Crippen molar-refractivity contribution < 1.29 is 4.79 Å². The number of aryl methyl sites for hydroxylation is 2. The Kier molecular flexibility index (Phi) is 6.01. The van der Waals surface area contributed by atoms with Crippen molar-refractivity contribution in [1.82, 2.24) is 29.9 Å². The van der Waals surface area contributed by atoms with E-state index in [9.17, 15) is 4.79 Å². The predicted molar refractivity (Wildman–Crippen MR) is 102 cm³/mol. The molecule has 0 unspecified atom stereocenters. The van der Waals surface area contributed by atoms with Gasteiger partial charge in [0, 0.05) is 45.1 Å². The van der Waals surface area contributed by atoms with Gasteiger partial charge < -0.3 is 9.47 Å². The third-order valence-electron chi connectivity index (χ3n) is 5.48. The summed E-state index contributed by atoms with van der Waals surface area (Å²) in [5.41, 5.74) is 3.27. The Balaban J connectivity index is 1.46. The third-order valence-corrected chi connectivity index (χ3v) is 6.20. The number of thioether (sulfide) groups is 1. The van der Waals surface area contributed by atoms with Crippen molar-refractivity contribution in [2.45, 2.75) is 51.1 Å². The number of carbonyl (C=O) groups is 1. The van der Waals surface area contributed by atoms with Crippen LogP contribution in [0.3, 0.4) is 0 Å². The molecular weight excluding hydrogens is 348 g/mol. The van der Waals surface area contributed by atoms with E-state index in [1.54, 1.807) is 11.8 Å². The smallest absolute Gasteiger partial charge is 0.222 e. The summed E-state index contributed by atoms with van der Waals surface area (Å²) in [5, 5.41) is 16.8. The van der Waals surface area contributed by atoms with Crippen LogP contribution in [0.4, 0.5) is 0 Å². The lowest BCUT2D eigenvalue weighted by Crippen LogP contribution is -2.39. The van der Waals surface area contributed by atoms with Crippen LogP contribution in [-0.2, 0) is 24.7 Å². The minimum absolute atomic E-state index is 0.242. The van der Waals surface area contributed by atoms with Gasteiger partial charge in [-0.15, -0.1) is 10.2 Å². The monoisotopic (exact) mass is 376 g/mol. The predicted octanol–water partition coefficient (Wildman–Crippen LogP) is 2.29. The fourth-order valence-corrected chi connectivity index (χ4v) is 4.01. The van der Waals surface area contributed by atoms with Gasteiger partial charge >= 0.3 is 0 Å². The van der Waals surface area contributed by atoms with Crippen LogP contribution in [0, 0.1) is 19.8 Å². The number of nitrogens with one attached hydrogen (secondary N) is 1. The van der Waals surface area contributed by atoms with Crippen molar-refractivity contribution in [2.24, 2.45) is 13.0 Å². The molecule has 142 valence electrons. The lowest BCUT2D eigenvalue weighted by atomic mass is 9.93. The fourth-order valence-electron chi connectivity index (χ4n) is 3.51.